The van der Waals surface area contributed by atoms with Crippen LogP contribution in [0.5, 0.6) is 0 Å². The second-order valence-electron chi connectivity index (χ2n) is 6.41. The molecule has 0 unspecified atom stereocenters. The lowest BCUT2D eigenvalue weighted by molar-refractivity contribution is 0.767. The zero-order valence-corrected chi connectivity index (χ0v) is 15.8. The average molecular weight is 371 g/mol. The number of rotatable bonds is 5. The van der Waals surface area contributed by atoms with Crippen molar-refractivity contribution in [3.63, 3.8) is 0 Å². The molecule has 1 N–H and O–H groups in total. The highest BCUT2D eigenvalue weighted by molar-refractivity contribution is 6.47. The third-order valence-corrected chi connectivity index (χ3v) is 4.37. The Balaban J connectivity index is 1.50. The monoisotopic (exact) mass is 371 g/mol. The zero-order valence-electron chi connectivity index (χ0n) is 15.8. The molecule has 0 atom stereocenters. The number of anilines is 1. The molecule has 2 aromatic heterocycles. The van der Waals surface area contributed by atoms with Crippen molar-refractivity contribution >= 4 is 22.8 Å². The summed E-state index contributed by atoms with van der Waals surface area (Å²) in [6.07, 6.45) is 15.6. The predicted octanol–water partition coefficient (Wildman–Crippen LogP) is 3.84. The van der Waals surface area contributed by atoms with Crippen LogP contribution in [0.2, 0.25) is 0 Å². The average Bonchev–Trinajstić information content (AvgIpc) is 3.46. The molecule has 0 bridgehead atoms. The van der Waals surface area contributed by atoms with E-state index in [2.05, 4.69) is 25.4 Å². The highest BCUT2D eigenvalue weighted by Gasteiger charge is 2.18. The van der Waals surface area contributed by atoms with Gasteiger partial charge in [0.1, 0.15) is 0 Å². The third kappa shape index (κ3) is 3.83. The molecule has 140 valence electrons. The first-order valence-electron chi connectivity index (χ1n) is 9.02. The van der Waals surface area contributed by atoms with Gasteiger partial charge in [0, 0.05) is 61.4 Å². The quantitative estimate of drug-likeness (QED) is 0.547. The van der Waals surface area contributed by atoms with E-state index in [1.54, 1.807) is 23.4 Å². The maximum absolute atomic E-state index is 4.59. The van der Waals surface area contributed by atoms with Gasteiger partial charge >= 0.3 is 0 Å². The van der Waals surface area contributed by atoms with Gasteiger partial charge in [-0.25, -0.2) is 9.98 Å². The molecule has 7 nitrogen and oxygen atoms in total. The summed E-state index contributed by atoms with van der Waals surface area (Å²) in [4.78, 5) is 13.2. The van der Waals surface area contributed by atoms with Crippen molar-refractivity contribution in [1.82, 2.24) is 19.3 Å². The first kappa shape index (κ1) is 17.7. The Labute approximate surface area is 163 Å². The van der Waals surface area contributed by atoms with Crippen LogP contribution < -0.4 is 5.32 Å². The number of benzene rings is 1. The number of nitrogens with one attached hydrogen (secondary N) is 1. The zero-order chi connectivity index (χ0) is 19.3. The number of amidine groups is 1. The molecular formula is C21H21N7. The molecule has 3 heterocycles. The summed E-state index contributed by atoms with van der Waals surface area (Å²) in [5.41, 5.74) is 5.11. The van der Waals surface area contributed by atoms with Gasteiger partial charge in [-0.2, -0.15) is 5.10 Å². The molecule has 28 heavy (non-hydrogen) atoms. The Bertz CT molecular complexity index is 1060. The number of aromatic nitrogens is 4. The van der Waals surface area contributed by atoms with E-state index in [9.17, 15) is 0 Å². The lowest BCUT2D eigenvalue weighted by atomic mass is 10.1. The van der Waals surface area contributed by atoms with Crippen LogP contribution in [0, 0.1) is 0 Å². The third-order valence-electron chi connectivity index (χ3n) is 4.37. The van der Waals surface area contributed by atoms with E-state index in [-0.39, 0.29) is 0 Å². The SMILES string of the molecule is C/C=C\N=C(Nc1ccc(-n2ccnc2)cc1)C1=NC=C(c2cnn(C)c2)C1. The van der Waals surface area contributed by atoms with Crippen LogP contribution in [0.3, 0.4) is 0 Å². The van der Waals surface area contributed by atoms with Gasteiger partial charge in [-0.15, -0.1) is 0 Å². The van der Waals surface area contributed by atoms with Crippen molar-refractivity contribution in [2.75, 3.05) is 5.32 Å². The fourth-order valence-electron chi connectivity index (χ4n) is 2.93. The van der Waals surface area contributed by atoms with Crippen LogP contribution in [0.25, 0.3) is 11.3 Å². The van der Waals surface area contributed by atoms with Crippen molar-refractivity contribution in [2.24, 2.45) is 17.0 Å². The normalized spacial score (nSPS) is 14.4. The van der Waals surface area contributed by atoms with E-state index in [4.69, 9.17) is 0 Å². The maximum Gasteiger partial charge on any atom is 0.152 e. The van der Waals surface area contributed by atoms with Crippen LogP contribution in [-0.4, -0.2) is 30.9 Å². The predicted molar refractivity (Wildman–Crippen MR) is 113 cm³/mol. The maximum atomic E-state index is 4.59. The van der Waals surface area contributed by atoms with E-state index in [1.165, 1.54) is 0 Å². The summed E-state index contributed by atoms with van der Waals surface area (Å²) in [7, 11) is 1.91. The highest BCUT2D eigenvalue weighted by atomic mass is 15.2. The van der Waals surface area contributed by atoms with Crippen molar-refractivity contribution in [3.8, 4) is 5.69 Å². The van der Waals surface area contributed by atoms with Gasteiger partial charge in [-0.1, -0.05) is 6.08 Å². The number of nitrogens with zero attached hydrogens (tertiary/aromatic N) is 6. The van der Waals surface area contributed by atoms with E-state index in [1.807, 2.05) is 73.7 Å². The first-order chi connectivity index (χ1) is 13.7. The Morgan fingerprint density at radius 3 is 2.79 bits per heavy atom. The molecule has 3 aromatic rings. The molecule has 7 heteroatoms. The lowest BCUT2D eigenvalue weighted by Crippen LogP contribution is -2.22. The van der Waals surface area contributed by atoms with E-state index >= 15 is 0 Å². The largest absolute Gasteiger partial charge is 0.339 e. The molecule has 0 fully saturated rings. The number of hydrogen-bond acceptors (Lipinski definition) is 4. The minimum atomic E-state index is 0.711. The van der Waals surface area contributed by atoms with Gasteiger partial charge in [0.15, 0.2) is 5.84 Å². The first-order valence-corrected chi connectivity index (χ1v) is 9.02. The highest BCUT2D eigenvalue weighted by Crippen LogP contribution is 2.24. The number of allylic oxidation sites excluding steroid dienone is 2. The summed E-state index contributed by atoms with van der Waals surface area (Å²) in [5, 5.41) is 7.63. The van der Waals surface area contributed by atoms with Gasteiger partial charge in [-0.05, 0) is 36.8 Å². The Morgan fingerprint density at radius 2 is 2.11 bits per heavy atom. The van der Waals surface area contributed by atoms with Gasteiger partial charge < -0.3 is 9.88 Å². The summed E-state index contributed by atoms with van der Waals surface area (Å²) in [6.45, 7) is 1.94. The fourth-order valence-corrected chi connectivity index (χ4v) is 2.93. The molecule has 0 amide bonds. The van der Waals surface area contributed by atoms with Crippen LogP contribution >= 0.6 is 0 Å². The fraction of sp³-hybridized carbons (Fsp3) is 0.143. The van der Waals surface area contributed by atoms with Crippen LogP contribution in [0.4, 0.5) is 5.69 Å². The van der Waals surface area contributed by atoms with Crippen LogP contribution in [0.15, 0.2) is 83.8 Å². The molecular weight excluding hydrogens is 350 g/mol. The van der Waals surface area contributed by atoms with Gasteiger partial charge in [0.05, 0.1) is 18.2 Å². The van der Waals surface area contributed by atoms with Gasteiger partial charge in [0.25, 0.3) is 0 Å². The second-order valence-corrected chi connectivity index (χ2v) is 6.41. The molecule has 1 aliphatic rings. The summed E-state index contributed by atoms with van der Waals surface area (Å²) < 4.78 is 3.76. The van der Waals surface area contributed by atoms with Crippen molar-refractivity contribution in [1.29, 1.82) is 0 Å². The molecule has 0 spiro atoms. The summed E-state index contributed by atoms with van der Waals surface area (Å²) >= 11 is 0. The number of hydrogen-bond donors (Lipinski definition) is 1. The van der Waals surface area contributed by atoms with Crippen molar-refractivity contribution < 1.29 is 0 Å². The van der Waals surface area contributed by atoms with E-state index in [0.29, 0.717) is 6.42 Å². The standard InChI is InChI=1S/C21H21N7/c1-3-8-23-21(20-11-16(12-24-20)17-13-25-27(2)14-17)26-18-4-6-19(7-5-18)28-10-9-22-15-28/h3-10,12-15H,11H2,1-2H3,(H,23,26)/b8-3-. The van der Waals surface area contributed by atoms with Crippen molar-refractivity contribution in [2.45, 2.75) is 13.3 Å². The Hall–Kier alpha value is -3.74. The van der Waals surface area contributed by atoms with Gasteiger partial charge in [0.2, 0.25) is 0 Å². The minimum absolute atomic E-state index is 0.711. The second kappa shape index (κ2) is 7.87. The topological polar surface area (TPSA) is 72.4 Å². The Morgan fingerprint density at radius 1 is 1.25 bits per heavy atom. The number of aryl methyl sites for hydroxylation is 1. The van der Waals surface area contributed by atoms with Crippen LogP contribution in [0.1, 0.15) is 18.9 Å². The van der Waals surface area contributed by atoms with Crippen LogP contribution in [-0.2, 0) is 7.05 Å². The molecule has 0 saturated heterocycles. The summed E-state index contributed by atoms with van der Waals surface area (Å²) in [6, 6.07) is 8.11. The summed E-state index contributed by atoms with van der Waals surface area (Å²) in [5.74, 6) is 0.739. The smallest absolute Gasteiger partial charge is 0.152 e. The molecule has 0 radical (unpaired) electrons. The molecule has 0 saturated carbocycles. The molecule has 1 aliphatic heterocycles. The minimum Gasteiger partial charge on any atom is -0.339 e. The van der Waals surface area contributed by atoms with Gasteiger partial charge in [-0.3, -0.25) is 9.67 Å². The molecule has 0 aliphatic carbocycles. The van der Waals surface area contributed by atoms with Crippen molar-refractivity contribution in [3.05, 3.63) is 79.4 Å². The van der Waals surface area contributed by atoms with E-state index in [0.717, 1.165) is 34.1 Å². The van der Waals surface area contributed by atoms with E-state index < -0.39 is 0 Å². The number of imidazole rings is 1. The molecule has 4 rings (SSSR count). The number of aliphatic imine (C=N–C) groups is 2. The lowest BCUT2D eigenvalue weighted by Gasteiger charge is -2.11. The molecule has 1 aromatic carbocycles. The Kier molecular flexibility index (Phi) is 4.97.